The topological polar surface area (TPSA) is 155 Å². The number of aliphatic hydroxyl groups excluding tert-OH is 1. The number of phosphoric ester groups is 1. The van der Waals surface area contributed by atoms with Crippen LogP contribution in [0.4, 0.5) is 0 Å². The molecule has 0 amide bonds. The van der Waals surface area contributed by atoms with Crippen molar-refractivity contribution in [2.24, 2.45) is 0 Å². The lowest BCUT2D eigenvalue weighted by atomic mass is 10.1. The van der Waals surface area contributed by atoms with Crippen molar-refractivity contribution < 1.29 is 52.2 Å². The lowest BCUT2D eigenvalue weighted by Gasteiger charge is -2.21. The van der Waals surface area contributed by atoms with Crippen molar-refractivity contribution in [3.8, 4) is 0 Å². The van der Waals surface area contributed by atoms with Crippen LogP contribution in [-0.4, -0.2) is 66.5 Å². The lowest BCUT2D eigenvalue weighted by Crippen LogP contribution is -2.30. The summed E-state index contributed by atoms with van der Waals surface area (Å²) in [6.45, 7) is 4.19. The number of carbonyl (C=O) groups excluding carboxylic acids is 3. The Kier molecular flexibility index (Phi) is 59.5. The minimum absolute atomic E-state index is 0.0144. The Labute approximate surface area is 509 Å². The van der Waals surface area contributed by atoms with Gasteiger partial charge in [-0.2, -0.15) is 0 Å². The van der Waals surface area contributed by atoms with Gasteiger partial charge in [0.05, 0.1) is 19.8 Å². The van der Waals surface area contributed by atoms with E-state index in [-0.39, 0.29) is 19.3 Å². The Balaban J connectivity index is 4.94. The molecule has 0 fully saturated rings. The lowest BCUT2D eigenvalue weighted by molar-refractivity contribution is -0.161. The summed E-state index contributed by atoms with van der Waals surface area (Å²) in [4.78, 5) is 48.7. The molecule has 0 radical (unpaired) electrons. The second-order valence-corrected chi connectivity index (χ2v) is 21.6. The quantitative estimate of drug-likeness (QED) is 0.0197. The Morgan fingerprint density at radius 1 is 0.345 bits per heavy atom. The highest BCUT2D eigenvalue weighted by molar-refractivity contribution is 7.47. The fraction of sp³-hybridized carbons (Fsp3) is 0.542. The van der Waals surface area contributed by atoms with E-state index in [1.165, 1.54) is 25.7 Å². The van der Waals surface area contributed by atoms with E-state index in [1.807, 2.05) is 24.3 Å². The van der Waals surface area contributed by atoms with E-state index in [9.17, 15) is 28.9 Å². The minimum Gasteiger partial charge on any atom is -0.462 e. The van der Waals surface area contributed by atoms with Gasteiger partial charge in [0.25, 0.3) is 0 Å². The van der Waals surface area contributed by atoms with Gasteiger partial charge in [0, 0.05) is 19.3 Å². The second-order valence-electron chi connectivity index (χ2n) is 20.1. The number of allylic oxidation sites excluding steroid dienone is 30. The first-order valence-electron chi connectivity index (χ1n) is 31.7. The Bertz CT molecular complexity index is 2110. The fourth-order valence-corrected chi connectivity index (χ4v) is 8.37. The fourth-order valence-electron chi connectivity index (χ4n) is 7.59. The van der Waals surface area contributed by atoms with Crippen molar-refractivity contribution >= 4 is 25.7 Å². The van der Waals surface area contributed by atoms with Crippen LogP contribution >= 0.6 is 7.82 Å². The molecule has 84 heavy (non-hydrogen) atoms. The van der Waals surface area contributed by atoms with Crippen molar-refractivity contribution in [2.45, 2.75) is 226 Å². The standard InChI is InChI=1S/C72H111O11P/c1-4-7-10-13-16-19-22-25-28-31-34-37-40-43-46-49-52-55-58-61-70(74)79-65-69(83-72(76)63-60-57-54-51-48-45-42-39-36-33-30-27-24-21-18-15-12-9-6-3)67-81-84(77,78)80-66-68(64-73)82-71(75)62-59-56-53-50-47-44-41-38-35-32-29-26-23-20-17-14-11-8-5-2/h7,9-10,12,16-21,25-30,34-39,43,45-46,48,52,54-55,57,68-69,73H,4-6,8,11,13-15,22-24,31-33,40-42,44,47,49-51,53,56,58-67H2,1-3H3,(H,77,78)/b10-7-,12-9-,19-16-,20-17-,21-18-,28-25-,29-26-,30-27-,37-34-,38-35-,39-36-,46-43-,48-45-,55-52-,57-54-. The maximum atomic E-state index is 13.0. The number of ether oxygens (including phenoxy) is 3. The molecule has 12 heteroatoms. The van der Waals surface area contributed by atoms with Crippen LogP contribution < -0.4 is 0 Å². The van der Waals surface area contributed by atoms with Crippen LogP contribution in [0.2, 0.25) is 0 Å². The Morgan fingerprint density at radius 2 is 0.643 bits per heavy atom. The molecule has 0 heterocycles. The van der Waals surface area contributed by atoms with E-state index in [0.29, 0.717) is 25.7 Å². The smallest absolute Gasteiger partial charge is 0.462 e. The number of rotatable bonds is 56. The van der Waals surface area contributed by atoms with Gasteiger partial charge in [-0.1, -0.05) is 242 Å². The highest BCUT2D eigenvalue weighted by atomic mass is 31.2. The van der Waals surface area contributed by atoms with Gasteiger partial charge in [-0.25, -0.2) is 4.57 Å². The van der Waals surface area contributed by atoms with Gasteiger partial charge in [-0.3, -0.25) is 23.4 Å². The average molecular weight is 1180 g/mol. The molecule has 0 saturated heterocycles. The number of esters is 3. The highest BCUT2D eigenvalue weighted by Gasteiger charge is 2.28. The molecule has 0 aromatic rings. The molecule has 0 saturated carbocycles. The third-order valence-corrected chi connectivity index (χ3v) is 13.3. The molecular weight excluding hydrogens is 1070 g/mol. The van der Waals surface area contributed by atoms with Crippen LogP contribution in [-0.2, 0) is 42.2 Å². The van der Waals surface area contributed by atoms with Gasteiger partial charge in [0.15, 0.2) is 6.10 Å². The summed E-state index contributed by atoms with van der Waals surface area (Å²) in [5.74, 6) is -1.71. The van der Waals surface area contributed by atoms with Gasteiger partial charge in [0.2, 0.25) is 0 Å². The van der Waals surface area contributed by atoms with Crippen LogP contribution in [0.25, 0.3) is 0 Å². The van der Waals surface area contributed by atoms with Crippen molar-refractivity contribution in [2.75, 3.05) is 26.4 Å². The van der Waals surface area contributed by atoms with Crippen LogP contribution in [0, 0.1) is 0 Å². The monoisotopic (exact) mass is 1180 g/mol. The van der Waals surface area contributed by atoms with Gasteiger partial charge in [-0.05, 0) is 135 Å². The number of aliphatic hydroxyl groups is 1. The predicted octanol–water partition coefficient (Wildman–Crippen LogP) is 19.6. The largest absolute Gasteiger partial charge is 0.472 e. The molecule has 3 atom stereocenters. The molecule has 0 aliphatic rings. The number of carbonyl (C=O) groups is 3. The maximum Gasteiger partial charge on any atom is 0.472 e. The summed E-state index contributed by atoms with van der Waals surface area (Å²) >= 11 is 0. The van der Waals surface area contributed by atoms with Gasteiger partial charge in [0.1, 0.15) is 12.7 Å². The SMILES string of the molecule is CC/C=C\C/C=C\C/C=C\C/C=C\C/C=C\C/C=C\CCC(=O)OCC(COP(=O)(O)OCC(CO)OC(=O)CCCCCCCC/C=C\C/C=C\C/C=C\CCCCC)OC(=O)CC/C=C\C/C=C\C/C=C\C/C=C\C/C=C\C/C=C\CC. The van der Waals surface area contributed by atoms with Gasteiger partial charge >= 0.3 is 25.7 Å². The van der Waals surface area contributed by atoms with Crippen LogP contribution in [0.15, 0.2) is 182 Å². The zero-order valence-corrected chi connectivity index (χ0v) is 52.9. The summed E-state index contributed by atoms with van der Waals surface area (Å²) in [5.41, 5.74) is 0. The van der Waals surface area contributed by atoms with Crippen molar-refractivity contribution in [3.05, 3.63) is 182 Å². The normalized spacial score (nSPS) is 14.5. The van der Waals surface area contributed by atoms with E-state index in [0.717, 1.165) is 122 Å². The van der Waals surface area contributed by atoms with E-state index >= 15 is 0 Å². The van der Waals surface area contributed by atoms with Crippen LogP contribution in [0.1, 0.15) is 213 Å². The zero-order chi connectivity index (χ0) is 61.2. The third kappa shape index (κ3) is 61.1. The minimum atomic E-state index is -4.81. The number of phosphoric acid groups is 1. The predicted molar refractivity (Wildman–Crippen MR) is 352 cm³/mol. The summed E-state index contributed by atoms with van der Waals surface area (Å²) < 4.78 is 39.5. The summed E-state index contributed by atoms with van der Waals surface area (Å²) in [7, 11) is -4.81. The van der Waals surface area contributed by atoms with E-state index in [2.05, 4.69) is 179 Å². The molecule has 3 unspecified atom stereocenters. The summed E-state index contributed by atoms with van der Waals surface area (Å²) in [6, 6.07) is 0. The molecule has 2 N–H and O–H groups in total. The van der Waals surface area contributed by atoms with E-state index < -0.39 is 64.4 Å². The van der Waals surface area contributed by atoms with Gasteiger partial charge in [-0.15, -0.1) is 0 Å². The molecule has 11 nitrogen and oxygen atoms in total. The number of unbranched alkanes of at least 4 members (excludes halogenated alkanes) is 9. The third-order valence-electron chi connectivity index (χ3n) is 12.3. The first-order chi connectivity index (χ1) is 41.2. The summed E-state index contributed by atoms with van der Waals surface area (Å²) in [6.07, 6.45) is 87.3. The maximum absolute atomic E-state index is 13.0. The summed E-state index contributed by atoms with van der Waals surface area (Å²) in [5, 5.41) is 9.86. The number of hydrogen-bond acceptors (Lipinski definition) is 10. The van der Waals surface area contributed by atoms with Crippen molar-refractivity contribution in [3.63, 3.8) is 0 Å². The molecule has 470 valence electrons. The van der Waals surface area contributed by atoms with Crippen LogP contribution in [0.5, 0.6) is 0 Å². The van der Waals surface area contributed by atoms with Crippen LogP contribution in [0.3, 0.4) is 0 Å². The molecular formula is C72H111O11P. The van der Waals surface area contributed by atoms with Crippen molar-refractivity contribution in [1.29, 1.82) is 0 Å². The second kappa shape index (κ2) is 63.6. The Morgan fingerprint density at radius 3 is 1.02 bits per heavy atom. The zero-order valence-electron chi connectivity index (χ0n) is 52.0. The molecule has 0 bridgehead atoms. The van der Waals surface area contributed by atoms with E-state index in [1.54, 1.807) is 0 Å². The molecule has 0 spiro atoms. The molecule has 0 aliphatic heterocycles. The van der Waals surface area contributed by atoms with Crippen molar-refractivity contribution in [1.82, 2.24) is 0 Å². The molecule has 0 aromatic carbocycles. The average Bonchev–Trinajstić information content (AvgIpc) is 3.55. The Hall–Kier alpha value is -5.42. The van der Waals surface area contributed by atoms with Gasteiger partial charge < -0.3 is 24.2 Å². The molecule has 0 rings (SSSR count). The van der Waals surface area contributed by atoms with E-state index in [4.69, 9.17) is 23.3 Å². The highest BCUT2D eigenvalue weighted by Crippen LogP contribution is 2.43. The molecule has 0 aliphatic carbocycles. The molecule has 0 aromatic heterocycles. The first-order valence-corrected chi connectivity index (χ1v) is 33.2. The first kappa shape index (κ1) is 78.6. The number of hydrogen-bond donors (Lipinski definition) is 2.